The monoisotopic (exact) mass is 163 g/mol. The molecule has 0 spiro atoms. The normalized spacial score (nSPS) is 6.25. The van der Waals surface area contributed by atoms with Gasteiger partial charge in [-0.25, -0.2) is 0 Å². The van der Waals surface area contributed by atoms with Crippen molar-refractivity contribution in [1.29, 1.82) is 0 Å². The van der Waals surface area contributed by atoms with Gasteiger partial charge in [-0.05, 0) is 0 Å². The molecule has 6 heteroatoms. The molecule has 0 unspecified atom stereocenters. The first-order valence-corrected chi connectivity index (χ1v) is 2.46. The van der Waals surface area contributed by atoms with Crippen molar-refractivity contribution in [2.45, 2.75) is 0 Å². The maximum atomic E-state index is 9.88. The molecule has 0 rings (SSSR count). The topological polar surface area (TPSA) is 35.5 Å². The molecular formula is C2H6Al2O3P+7. The van der Waals surface area contributed by atoms with Gasteiger partial charge in [0.05, 0.1) is 14.2 Å². The maximum absolute atomic E-state index is 9.88. The van der Waals surface area contributed by atoms with Crippen LogP contribution in [0.25, 0.3) is 0 Å². The molecule has 0 aliphatic rings. The van der Waals surface area contributed by atoms with Crippen LogP contribution in [0.1, 0.15) is 0 Å². The summed E-state index contributed by atoms with van der Waals surface area (Å²) in [4.78, 5) is 0. The van der Waals surface area contributed by atoms with E-state index in [4.69, 9.17) is 0 Å². The van der Waals surface area contributed by atoms with E-state index in [1.54, 1.807) is 0 Å². The van der Waals surface area contributed by atoms with Gasteiger partial charge < -0.3 is 0 Å². The third kappa shape index (κ3) is 10.1. The van der Waals surface area contributed by atoms with Crippen LogP contribution in [0.4, 0.5) is 0 Å². The standard InChI is InChI=1S/C2H6O3P.2Al/c1-4-6(3)5-2;;/h1-2H3;;/q+1;2*+3. The van der Waals surface area contributed by atoms with Gasteiger partial charge in [0.15, 0.2) is 0 Å². The molecule has 3 nitrogen and oxygen atoms in total. The van der Waals surface area contributed by atoms with Crippen LogP contribution in [-0.2, 0) is 13.6 Å². The van der Waals surface area contributed by atoms with Gasteiger partial charge in [-0.3, -0.25) is 0 Å². The van der Waals surface area contributed by atoms with Gasteiger partial charge in [0.2, 0.25) is 0 Å². The van der Waals surface area contributed by atoms with E-state index in [0.717, 1.165) is 0 Å². The molecule has 0 bridgehead atoms. The maximum Gasteiger partial charge on any atom is 3.00 e. The zero-order valence-electron chi connectivity index (χ0n) is 4.83. The van der Waals surface area contributed by atoms with E-state index in [-0.39, 0.29) is 34.7 Å². The summed E-state index contributed by atoms with van der Waals surface area (Å²) >= 11 is 0. The Morgan fingerprint density at radius 1 is 1.12 bits per heavy atom. The van der Waals surface area contributed by atoms with Crippen molar-refractivity contribution in [1.82, 2.24) is 0 Å². The number of hydrogen-bond donors (Lipinski definition) is 0. The fraction of sp³-hybridized carbons (Fsp3) is 1.00. The Morgan fingerprint density at radius 3 is 1.38 bits per heavy atom. The van der Waals surface area contributed by atoms with Gasteiger partial charge in [-0.15, -0.1) is 9.05 Å². The summed E-state index contributed by atoms with van der Waals surface area (Å²) in [5.74, 6) is 0. The van der Waals surface area contributed by atoms with E-state index in [0.29, 0.717) is 0 Å². The van der Waals surface area contributed by atoms with Crippen molar-refractivity contribution in [3.8, 4) is 0 Å². The van der Waals surface area contributed by atoms with Crippen LogP contribution in [0.2, 0.25) is 0 Å². The molecule has 0 aliphatic carbocycles. The summed E-state index contributed by atoms with van der Waals surface area (Å²) in [7, 11) is 0.817. The molecule has 0 radical (unpaired) electrons. The first-order valence-electron chi connectivity index (χ1n) is 1.36. The molecule has 0 saturated carbocycles. The van der Waals surface area contributed by atoms with Crippen molar-refractivity contribution in [2.24, 2.45) is 0 Å². The first kappa shape index (κ1) is 16.0. The van der Waals surface area contributed by atoms with Gasteiger partial charge in [0.25, 0.3) is 0 Å². The fourth-order valence-electron chi connectivity index (χ4n) is 0.0745. The minimum absolute atomic E-state index is 0. The Labute approximate surface area is 71.0 Å². The fourth-order valence-corrected chi connectivity index (χ4v) is 0.224. The molecule has 0 heterocycles. The third-order valence-electron chi connectivity index (χ3n) is 0.298. The van der Waals surface area contributed by atoms with Crippen LogP contribution in [0.15, 0.2) is 0 Å². The molecule has 0 amide bonds. The molecule has 0 aromatic rings. The van der Waals surface area contributed by atoms with Gasteiger partial charge in [-0.1, -0.05) is 0 Å². The van der Waals surface area contributed by atoms with E-state index in [2.05, 4.69) is 9.05 Å². The zero-order valence-corrected chi connectivity index (χ0v) is 8.03. The van der Waals surface area contributed by atoms with Crippen LogP contribution >= 0.6 is 8.25 Å². The number of hydrogen-bond acceptors (Lipinski definition) is 3. The SMILES string of the molecule is CO[P+](=O)OC.[Al+3].[Al+3]. The second-order valence-corrected chi connectivity index (χ2v) is 1.77. The van der Waals surface area contributed by atoms with E-state index in [9.17, 15) is 4.57 Å². The molecule has 0 N–H and O–H groups in total. The van der Waals surface area contributed by atoms with Crippen LogP contribution in [0.5, 0.6) is 0 Å². The molecule has 8 heavy (non-hydrogen) atoms. The minimum Gasteiger partial charge on any atom is -0.122 e. The average Bonchev–Trinajstić information content (AvgIpc) is 1.65. The second kappa shape index (κ2) is 11.0. The quantitative estimate of drug-likeness (QED) is 0.430. The summed E-state index contributed by atoms with van der Waals surface area (Å²) in [6, 6.07) is 0. The summed E-state index contributed by atoms with van der Waals surface area (Å²) in [6.45, 7) is 0. The summed E-state index contributed by atoms with van der Waals surface area (Å²) in [5, 5.41) is 0. The van der Waals surface area contributed by atoms with E-state index < -0.39 is 8.25 Å². The van der Waals surface area contributed by atoms with Gasteiger partial charge in [0.1, 0.15) is 0 Å². The number of rotatable bonds is 2. The Balaban J connectivity index is -0.000000125. The van der Waals surface area contributed by atoms with Crippen molar-refractivity contribution < 1.29 is 13.6 Å². The molecule has 0 aromatic carbocycles. The predicted molar refractivity (Wildman–Crippen MR) is 33.1 cm³/mol. The van der Waals surface area contributed by atoms with Crippen molar-refractivity contribution >= 4 is 43.0 Å². The zero-order chi connectivity index (χ0) is 4.99. The molecule has 36 valence electrons. The third-order valence-corrected chi connectivity index (χ3v) is 0.894. The molecule has 0 atom stereocenters. The average molecular weight is 163 g/mol. The Kier molecular flexibility index (Phi) is 22.0. The van der Waals surface area contributed by atoms with Crippen molar-refractivity contribution in [3.05, 3.63) is 0 Å². The molecule has 0 saturated heterocycles. The van der Waals surface area contributed by atoms with E-state index in [1.165, 1.54) is 14.2 Å². The Bertz CT molecular complexity index is 53.2. The molecule has 0 aliphatic heterocycles. The van der Waals surface area contributed by atoms with E-state index in [1.807, 2.05) is 0 Å². The smallest absolute Gasteiger partial charge is 0.122 e. The summed E-state index contributed by atoms with van der Waals surface area (Å²) in [6.07, 6.45) is 0. The molecule has 0 aromatic heterocycles. The largest absolute Gasteiger partial charge is 3.00 e. The molecular weight excluding hydrogens is 157 g/mol. The Morgan fingerprint density at radius 2 is 1.38 bits per heavy atom. The van der Waals surface area contributed by atoms with Crippen LogP contribution in [0.3, 0.4) is 0 Å². The second-order valence-electron chi connectivity index (χ2n) is 0.589. The van der Waals surface area contributed by atoms with Crippen molar-refractivity contribution in [2.75, 3.05) is 14.2 Å². The van der Waals surface area contributed by atoms with Gasteiger partial charge in [0, 0.05) is 4.57 Å². The van der Waals surface area contributed by atoms with Crippen LogP contribution < -0.4 is 0 Å². The summed E-state index contributed by atoms with van der Waals surface area (Å²) < 4.78 is 18.3. The minimum atomic E-state index is -1.83. The molecule has 0 fully saturated rings. The predicted octanol–water partition coefficient (Wildman–Crippen LogP) is 0.175. The van der Waals surface area contributed by atoms with E-state index >= 15 is 0 Å². The van der Waals surface area contributed by atoms with Crippen LogP contribution in [-0.4, -0.2) is 48.9 Å². The van der Waals surface area contributed by atoms with Gasteiger partial charge >= 0.3 is 43.0 Å². The first-order chi connectivity index (χ1) is 2.81. The van der Waals surface area contributed by atoms with Crippen LogP contribution in [0, 0.1) is 0 Å². The van der Waals surface area contributed by atoms with Gasteiger partial charge in [-0.2, -0.15) is 0 Å². The van der Waals surface area contributed by atoms with Crippen molar-refractivity contribution in [3.63, 3.8) is 0 Å². The Hall–Kier alpha value is 1.08. The summed E-state index contributed by atoms with van der Waals surface area (Å²) in [5.41, 5.74) is 0.